The van der Waals surface area contributed by atoms with Gasteiger partial charge in [-0.05, 0) is 31.1 Å². The van der Waals surface area contributed by atoms with Gasteiger partial charge in [-0.1, -0.05) is 37.3 Å². The molecular weight excluding hydrogens is 495 g/mol. The molecule has 1 aromatic carbocycles. The number of rotatable bonds is 6. The summed E-state index contributed by atoms with van der Waals surface area (Å²) < 4.78 is 5.84. The Kier molecular flexibility index (Phi) is 10.6. The Labute approximate surface area is 198 Å². The Bertz CT molecular complexity index is 616. The molecule has 0 radical (unpaired) electrons. The van der Waals surface area contributed by atoms with E-state index in [9.17, 15) is 0 Å². The predicted molar refractivity (Wildman–Crippen MR) is 136 cm³/mol. The van der Waals surface area contributed by atoms with Gasteiger partial charge in [-0.25, -0.2) is 0 Å². The molecule has 29 heavy (non-hydrogen) atoms. The van der Waals surface area contributed by atoms with Gasteiger partial charge in [0, 0.05) is 63.8 Å². The fraction of sp³-hybridized carbons (Fsp3) is 0.682. The molecule has 1 aromatic rings. The number of hydrogen-bond donors (Lipinski definition) is 1. The largest absolute Gasteiger partial charge is 0.381 e. The molecule has 164 valence electrons. The number of benzene rings is 1. The highest BCUT2D eigenvalue weighted by Gasteiger charge is 2.33. The van der Waals surface area contributed by atoms with Crippen LogP contribution in [-0.2, 0) is 4.74 Å². The van der Waals surface area contributed by atoms with E-state index in [0.717, 1.165) is 71.2 Å². The van der Waals surface area contributed by atoms with Crippen LogP contribution in [0.2, 0.25) is 0 Å². The third kappa shape index (κ3) is 6.48. The van der Waals surface area contributed by atoms with Crippen LogP contribution in [0, 0.1) is 0 Å². The fourth-order valence-corrected chi connectivity index (χ4v) is 5.19. The van der Waals surface area contributed by atoms with Crippen LogP contribution >= 0.6 is 35.7 Å². The maximum atomic E-state index is 5.57. The lowest BCUT2D eigenvalue weighted by Crippen LogP contribution is -2.55. The molecule has 1 unspecified atom stereocenters. The van der Waals surface area contributed by atoms with Crippen molar-refractivity contribution in [3.63, 3.8) is 0 Å². The SMILES string of the molecule is CCC(c1ccccc1)N1CCN(C(=NC)NCC2(SC)CCOCC2)CC1.I. The van der Waals surface area contributed by atoms with Crippen molar-refractivity contribution in [3.8, 4) is 0 Å². The minimum atomic E-state index is 0. The molecule has 3 rings (SSSR count). The summed E-state index contributed by atoms with van der Waals surface area (Å²) in [6.07, 6.45) is 5.60. The van der Waals surface area contributed by atoms with Gasteiger partial charge in [0.15, 0.2) is 5.96 Å². The molecule has 2 aliphatic heterocycles. The predicted octanol–water partition coefficient (Wildman–Crippen LogP) is 3.86. The lowest BCUT2D eigenvalue weighted by molar-refractivity contribution is 0.0778. The average molecular weight is 533 g/mol. The maximum absolute atomic E-state index is 5.57. The zero-order chi connectivity index (χ0) is 19.8. The van der Waals surface area contributed by atoms with E-state index in [4.69, 9.17) is 4.74 Å². The number of nitrogens with zero attached hydrogens (tertiary/aromatic N) is 3. The van der Waals surface area contributed by atoms with Crippen LogP contribution < -0.4 is 5.32 Å². The summed E-state index contributed by atoms with van der Waals surface area (Å²) in [5.74, 6) is 1.05. The molecule has 2 saturated heterocycles. The van der Waals surface area contributed by atoms with Gasteiger partial charge in [-0.3, -0.25) is 9.89 Å². The van der Waals surface area contributed by atoms with Gasteiger partial charge in [0.1, 0.15) is 0 Å². The average Bonchev–Trinajstić information content (AvgIpc) is 2.77. The van der Waals surface area contributed by atoms with E-state index in [0.29, 0.717) is 6.04 Å². The molecule has 0 spiro atoms. The monoisotopic (exact) mass is 532 g/mol. The first-order valence-corrected chi connectivity index (χ1v) is 11.8. The van der Waals surface area contributed by atoms with Crippen molar-refractivity contribution in [2.24, 2.45) is 4.99 Å². The quantitative estimate of drug-likeness (QED) is 0.343. The zero-order valence-corrected chi connectivity index (χ0v) is 21.2. The van der Waals surface area contributed by atoms with Crippen LogP contribution in [0.15, 0.2) is 35.3 Å². The van der Waals surface area contributed by atoms with Crippen molar-refractivity contribution < 1.29 is 4.74 Å². The Balaban J connectivity index is 0.00000300. The molecular formula is C22H37IN4OS. The number of guanidine groups is 1. The molecule has 2 aliphatic rings. The van der Waals surface area contributed by atoms with E-state index in [1.807, 2.05) is 18.8 Å². The normalized spacial score (nSPS) is 21.3. The van der Waals surface area contributed by atoms with Crippen LogP contribution in [0.25, 0.3) is 0 Å². The van der Waals surface area contributed by atoms with Gasteiger partial charge in [-0.15, -0.1) is 24.0 Å². The molecule has 1 N–H and O–H groups in total. The molecule has 0 amide bonds. The van der Waals surface area contributed by atoms with Crippen LogP contribution in [0.3, 0.4) is 0 Å². The topological polar surface area (TPSA) is 40.1 Å². The number of aliphatic imine (C=N–C) groups is 1. The molecule has 0 bridgehead atoms. The Hall–Kier alpha value is -0.510. The second-order valence-electron chi connectivity index (χ2n) is 7.76. The third-order valence-electron chi connectivity index (χ3n) is 6.24. The van der Waals surface area contributed by atoms with Crippen LogP contribution in [0.4, 0.5) is 0 Å². The highest BCUT2D eigenvalue weighted by atomic mass is 127. The molecule has 0 aliphatic carbocycles. The van der Waals surface area contributed by atoms with Crippen LogP contribution in [0.5, 0.6) is 0 Å². The van der Waals surface area contributed by atoms with Crippen molar-refractivity contribution >= 4 is 41.7 Å². The van der Waals surface area contributed by atoms with Gasteiger partial charge >= 0.3 is 0 Å². The van der Waals surface area contributed by atoms with Crippen molar-refractivity contribution in [3.05, 3.63) is 35.9 Å². The Morgan fingerprint density at radius 1 is 1.17 bits per heavy atom. The van der Waals surface area contributed by atoms with Gasteiger partial charge in [-0.2, -0.15) is 11.8 Å². The molecule has 7 heteroatoms. The molecule has 0 aromatic heterocycles. The van der Waals surface area contributed by atoms with E-state index in [2.05, 4.69) is 63.6 Å². The molecule has 0 saturated carbocycles. The van der Waals surface area contributed by atoms with E-state index in [1.54, 1.807) is 0 Å². The summed E-state index contributed by atoms with van der Waals surface area (Å²) in [6.45, 7) is 9.21. The molecule has 2 heterocycles. The summed E-state index contributed by atoms with van der Waals surface area (Å²) in [6, 6.07) is 11.4. The number of halogens is 1. The summed E-state index contributed by atoms with van der Waals surface area (Å²) >= 11 is 1.97. The number of ether oxygens (including phenoxy) is 1. The summed E-state index contributed by atoms with van der Waals surface area (Å²) in [4.78, 5) is 9.63. The van der Waals surface area contributed by atoms with Crippen LogP contribution in [0.1, 0.15) is 37.8 Å². The molecule has 1 atom stereocenters. The minimum absolute atomic E-state index is 0. The summed E-state index contributed by atoms with van der Waals surface area (Å²) in [5.41, 5.74) is 1.43. The van der Waals surface area contributed by atoms with Gasteiger partial charge in [0.2, 0.25) is 0 Å². The first-order chi connectivity index (χ1) is 13.7. The van der Waals surface area contributed by atoms with Gasteiger partial charge < -0.3 is 15.0 Å². The van der Waals surface area contributed by atoms with E-state index >= 15 is 0 Å². The smallest absolute Gasteiger partial charge is 0.193 e. The van der Waals surface area contributed by atoms with Crippen LogP contribution in [-0.4, -0.2) is 79.7 Å². The van der Waals surface area contributed by atoms with Crippen molar-refractivity contribution in [1.29, 1.82) is 0 Å². The first kappa shape index (κ1) is 24.8. The maximum Gasteiger partial charge on any atom is 0.193 e. The van der Waals surface area contributed by atoms with E-state index in [1.165, 1.54) is 5.56 Å². The van der Waals surface area contributed by atoms with E-state index < -0.39 is 0 Å². The first-order valence-electron chi connectivity index (χ1n) is 10.6. The summed E-state index contributed by atoms with van der Waals surface area (Å²) in [5, 5.41) is 3.67. The molecule has 2 fully saturated rings. The highest BCUT2D eigenvalue weighted by Crippen LogP contribution is 2.33. The zero-order valence-electron chi connectivity index (χ0n) is 18.1. The fourth-order valence-electron chi connectivity index (χ4n) is 4.39. The van der Waals surface area contributed by atoms with E-state index in [-0.39, 0.29) is 28.7 Å². The van der Waals surface area contributed by atoms with Gasteiger partial charge in [0.25, 0.3) is 0 Å². The van der Waals surface area contributed by atoms with Crippen molar-refractivity contribution in [2.75, 3.05) is 59.2 Å². The number of nitrogens with one attached hydrogen (secondary N) is 1. The standard InChI is InChI=1S/C22H36N4OS.HI/c1-4-20(19-8-6-5-7-9-19)25-12-14-26(15-13-25)21(23-2)24-18-22(28-3)10-16-27-17-11-22;/h5-9,20H,4,10-18H2,1-3H3,(H,23,24);1H. The lowest BCUT2D eigenvalue weighted by Gasteiger charge is -2.41. The lowest BCUT2D eigenvalue weighted by atomic mass is 9.99. The Morgan fingerprint density at radius 3 is 2.38 bits per heavy atom. The third-order valence-corrected chi connectivity index (χ3v) is 7.66. The second kappa shape index (κ2) is 12.4. The molecule has 5 nitrogen and oxygen atoms in total. The van der Waals surface area contributed by atoms with Crippen molar-refractivity contribution in [1.82, 2.24) is 15.1 Å². The number of piperazine rings is 1. The second-order valence-corrected chi connectivity index (χ2v) is 9.03. The van der Waals surface area contributed by atoms with Crippen molar-refractivity contribution in [2.45, 2.75) is 37.0 Å². The minimum Gasteiger partial charge on any atom is -0.381 e. The van der Waals surface area contributed by atoms with Gasteiger partial charge in [0.05, 0.1) is 0 Å². The highest BCUT2D eigenvalue weighted by molar-refractivity contribution is 14.0. The number of hydrogen-bond acceptors (Lipinski definition) is 4. The summed E-state index contributed by atoms with van der Waals surface area (Å²) in [7, 11) is 1.91. The Morgan fingerprint density at radius 2 is 1.83 bits per heavy atom. The number of thioether (sulfide) groups is 1.